The molecule has 0 aromatic carbocycles. The zero-order chi connectivity index (χ0) is 12.1. The van der Waals surface area contributed by atoms with Gasteiger partial charge < -0.3 is 4.90 Å². The van der Waals surface area contributed by atoms with Crippen LogP contribution < -0.4 is 0 Å². The van der Waals surface area contributed by atoms with Gasteiger partial charge in [0.05, 0.1) is 9.35 Å². The highest BCUT2D eigenvalue weighted by molar-refractivity contribution is 9.11. The van der Waals surface area contributed by atoms with Crippen LogP contribution in [0.3, 0.4) is 0 Å². The number of thiophene rings is 1. The Labute approximate surface area is 114 Å². The van der Waals surface area contributed by atoms with Crippen molar-refractivity contribution in [2.24, 2.45) is 0 Å². The molecule has 5 heteroatoms. The second kappa shape index (κ2) is 6.62. The lowest BCUT2D eigenvalue weighted by atomic mass is 10.2. The fraction of sp³-hybridized carbons (Fsp3) is 0.545. The summed E-state index contributed by atoms with van der Waals surface area (Å²) in [4.78, 5) is 14.0. The highest BCUT2D eigenvalue weighted by Crippen LogP contribution is 2.22. The number of hydrogen-bond acceptors (Lipinski definition) is 2. The average Bonchev–Trinajstić information content (AvgIpc) is 2.64. The number of carbonyl (C=O) groups excluding carboxylic acids is 1. The number of amides is 1. The second-order valence-electron chi connectivity index (χ2n) is 3.77. The van der Waals surface area contributed by atoms with Crippen molar-refractivity contribution < 1.29 is 4.79 Å². The zero-order valence-electron chi connectivity index (χ0n) is 9.37. The lowest BCUT2D eigenvalue weighted by molar-refractivity contribution is 0.0707. The summed E-state index contributed by atoms with van der Waals surface area (Å²) >= 11 is 10.6. The van der Waals surface area contributed by atoms with E-state index >= 15 is 0 Å². The van der Waals surface area contributed by atoms with Gasteiger partial charge in [0.1, 0.15) is 0 Å². The molecule has 0 saturated carbocycles. The summed E-state index contributed by atoms with van der Waals surface area (Å²) in [5.41, 5.74) is 0.750. The summed E-state index contributed by atoms with van der Waals surface area (Å²) in [5.74, 6) is 0.672. The van der Waals surface area contributed by atoms with E-state index < -0.39 is 0 Å². The number of hydrogen-bond donors (Lipinski definition) is 0. The molecule has 1 rings (SSSR count). The van der Waals surface area contributed by atoms with Gasteiger partial charge in [0.25, 0.3) is 5.91 Å². The minimum atomic E-state index is 0.0852. The first-order valence-electron chi connectivity index (χ1n) is 5.17. The normalized spacial score (nSPS) is 10.8. The van der Waals surface area contributed by atoms with E-state index in [0.717, 1.165) is 15.8 Å². The van der Waals surface area contributed by atoms with Crippen LogP contribution in [0.15, 0.2) is 15.2 Å². The first kappa shape index (κ1) is 14.0. The molecule has 1 heterocycles. The van der Waals surface area contributed by atoms with E-state index in [9.17, 15) is 4.79 Å². The van der Waals surface area contributed by atoms with E-state index in [-0.39, 0.29) is 11.9 Å². The number of alkyl halides is 1. The van der Waals surface area contributed by atoms with Gasteiger partial charge in [0.15, 0.2) is 0 Å². The van der Waals surface area contributed by atoms with Crippen LogP contribution in [0, 0.1) is 0 Å². The lowest BCUT2D eigenvalue weighted by Crippen LogP contribution is -2.37. The highest BCUT2D eigenvalue weighted by atomic mass is 79.9. The Kier molecular flexibility index (Phi) is 5.79. The minimum Gasteiger partial charge on any atom is -0.336 e. The maximum absolute atomic E-state index is 12.2. The van der Waals surface area contributed by atoms with Crippen LogP contribution in [0.1, 0.15) is 30.6 Å². The molecule has 16 heavy (non-hydrogen) atoms. The van der Waals surface area contributed by atoms with Crippen LogP contribution in [0.5, 0.6) is 0 Å². The van der Waals surface area contributed by atoms with Crippen LogP contribution in [-0.4, -0.2) is 29.3 Å². The second-order valence-corrected chi connectivity index (χ2v) is 6.44. The van der Waals surface area contributed by atoms with Gasteiger partial charge in [-0.1, -0.05) is 0 Å². The Bertz CT molecular complexity index is 354. The van der Waals surface area contributed by atoms with Crippen molar-refractivity contribution in [3.8, 4) is 0 Å². The summed E-state index contributed by atoms with van der Waals surface area (Å²) in [6.45, 7) is 4.76. The summed E-state index contributed by atoms with van der Waals surface area (Å²) in [6.07, 6.45) is 0.830. The molecule has 0 bridgehead atoms. The third kappa shape index (κ3) is 3.75. The van der Waals surface area contributed by atoms with E-state index in [4.69, 9.17) is 11.6 Å². The van der Waals surface area contributed by atoms with Crippen molar-refractivity contribution >= 4 is 44.8 Å². The van der Waals surface area contributed by atoms with Crippen LogP contribution in [-0.2, 0) is 0 Å². The number of rotatable bonds is 5. The van der Waals surface area contributed by atoms with Crippen LogP contribution in [0.4, 0.5) is 0 Å². The molecule has 0 aliphatic carbocycles. The van der Waals surface area contributed by atoms with Gasteiger partial charge in [-0.05, 0) is 42.3 Å². The number of carbonyl (C=O) groups is 1. The first-order chi connectivity index (χ1) is 7.56. The maximum atomic E-state index is 12.2. The van der Waals surface area contributed by atoms with Crippen molar-refractivity contribution in [1.29, 1.82) is 0 Å². The molecule has 0 aliphatic rings. The minimum absolute atomic E-state index is 0.0852. The van der Waals surface area contributed by atoms with E-state index in [2.05, 4.69) is 15.9 Å². The van der Waals surface area contributed by atoms with Gasteiger partial charge in [0, 0.05) is 23.8 Å². The summed E-state index contributed by atoms with van der Waals surface area (Å²) in [7, 11) is 0. The third-order valence-corrected chi connectivity index (χ3v) is 4.00. The largest absolute Gasteiger partial charge is 0.336 e. The van der Waals surface area contributed by atoms with E-state index in [1.54, 1.807) is 0 Å². The van der Waals surface area contributed by atoms with Crippen molar-refractivity contribution in [2.45, 2.75) is 26.3 Å². The predicted molar refractivity (Wildman–Crippen MR) is 73.5 cm³/mol. The van der Waals surface area contributed by atoms with E-state index in [1.807, 2.05) is 30.2 Å². The molecule has 90 valence electrons. The topological polar surface area (TPSA) is 20.3 Å². The van der Waals surface area contributed by atoms with Gasteiger partial charge in [-0.3, -0.25) is 4.79 Å². The molecule has 0 spiro atoms. The smallest absolute Gasteiger partial charge is 0.254 e. The fourth-order valence-corrected chi connectivity index (χ4v) is 2.66. The molecule has 0 N–H and O–H groups in total. The van der Waals surface area contributed by atoms with E-state index in [1.165, 1.54) is 11.3 Å². The van der Waals surface area contributed by atoms with Crippen LogP contribution in [0.2, 0.25) is 0 Å². The molecule has 0 aliphatic heterocycles. The maximum Gasteiger partial charge on any atom is 0.254 e. The van der Waals surface area contributed by atoms with Gasteiger partial charge in [-0.2, -0.15) is 0 Å². The van der Waals surface area contributed by atoms with Gasteiger partial charge in [0.2, 0.25) is 0 Å². The Balaban J connectivity index is 2.74. The van der Waals surface area contributed by atoms with Crippen molar-refractivity contribution in [2.75, 3.05) is 12.4 Å². The molecule has 1 aromatic rings. The fourth-order valence-electron chi connectivity index (χ4n) is 1.41. The molecule has 0 fully saturated rings. The Morgan fingerprint density at radius 3 is 2.75 bits per heavy atom. The SMILES string of the molecule is CC(C)N(CCCCl)C(=O)c1csc(Br)c1. The molecule has 0 atom stereocenters. The molecule has 1 amide bonds. The van der Waals surface area contributed by atoms with Crippen molar-refractivity contribution in [1.82, 2.24) is 4.90 Å². The molecule has 1 aromatic heterocycles. The summed E-state index contributed by atoms with van der Waals surface area (Å²) in [5, 5.41) is 1.88. The van der Waals surface area contributed by atoms with E-state index in [0.29, 0.717) is 12.4 Å². The van der Waals surface area contributed by atoms with Gasteiger partial charge in [-0.25, -0.2) is 0 Å². The third-order valence-electron chi connectivity index (χ3n) is 2.23. The molecule has 0 radical (unpaired) electrons. The Morgan fingerprint density at radius 2 is 2.31 bits per heavy atom. The van der Waals surface area contributed by atoms with Gasteiger partial charge >= 0.3 is 0 Å². The summed E-state index contributed by atoms with van der Waals surface area (Å²) in [6, 6.07) is 2.07. The first-order valence-corrected chi connectivity index (χ1v) is 7.38. The van der Waals surface area contributed by atoms with Crippen LogP contribution in [0.25, 0.3) is 0 Å². The highest BCUT2D eigenvalue weighted by Gasteiger charge is 2.19. The quantitative estimate of drug-likeness (QED) is 0.750. The molecule has 0 saturated heterocycles. The molecule has 2 nitrogen and oxygen atoms in total. The molecular weight excluding hydrogens is 310 g/mol. The van der Waals surface area contributed by atoms with Crippen LogP contribution >= 0.6 is 38.9 Å². The molecule has 0 unspecified atom stereocenters. The zero-order valence-corrected chi connectivity index (χ0v) is 12.5. The van der Waals surface area contributed by atoms with Crippen molar-refractivity contribution in [3.63, 3.8) is 0 Å². The average molecular weight is 325 g/mol. The predicted octanol–water partition coefficient (Wildman–Crippen LogP) is 3.99. The number of halogens is 2. The Morgan fingerprint density at radius 1 is 1.62 bits per heavy atom. The lowest BCUT2D eigenvalue weighted by Gasteiger charge is -2.26. The summed E-state index contributed by atoms with van der Waals surface area (Å²) < 4.78 is 0.983. The van der Waals surface area contributed by atoms with Crippen molar-refractivity contribution in [3.05, 3.63) is 20.8 Å². The van der Waals surface area contributed by atoms with Gasteiger partial charge in [-0.15, -0.1) is 22.9 Å². The monoisotopic (exact) mass is 323 g/mol. The standard InChI is InChI=1S/C11H15BrClNOS/c1-8(2)14(5-3-4-13)11(15)9-6-10(12)16-7-9/h6-8H,3-5H2,1-2H3. The number of nitrogens with zero attached hydrogens (tertiary/aromatic N) is 1. The molecular formula is C11H15BrClNOS. The Hall–Kier alpha value is -0.0600.